The smallest absolute Gasteiger partial charge is 0.269 e. The van der Waals surface area contributed by atoms with Gasteiger partial charge in [0.05, 0.1) is 36.4 Å². The number of carbonyl (C=O) groups is 1. The van der Waals surface area contributed by atoms with Crippen LogP contribution in [0.2, 0.25) is 0 Å². The summed E-state index contributed by atoms with van der Waals surface area (Å²) in [6.07, 6.45) is 14.1. The zero-order valence-electron chi connectivity index (χ0n) is 36.6. The fourth-order valence-electron chi connectivity index (χ4n) is 9.72. The summed E-state index contributed by atoms with van der Waals surface area (Å²) < 4.78 is 26.7. The maximum absolute atomic E-state index is 14.4. The number of aliphatic hydroxyl groups is 2. The summed E-state index contributed by atoms with van der Waals surface area (Å²) in [5.41, 5.74) is 3.19. The van der Waals surface area contributed by atoms with Gasteiger partial charge in [0.2, 0.25) is 18.0 Å². The Morgan fingerprint density at radius 1 is 1.05 bits per heavy atom. The van der Waals surface area contributed by atoms with Gasteiger partial charge in [-0.05, 0) is 110 Å². The summed E-state index contributed by atoms with van der Waals surface area (Å²) in [4.78, 5) is 34.3. The van der Waals surface area contributed by atoms with Crippen molar-refractivity contribution in [1.29, 1.82) is 0 Å². The number of allylic oxidation sites excluding steroid dienone is 1. The van der Waals surface area contributed by atoms with E-state index < -0.39 is 29.0 Å². The molecule has 2 aliphatic carbocycles. The number of likely N-dealkylation sites (N-methyl/N-ethyl adjacent to an activating group) is 1. The molecule has 0 aromatic heterocycles. The van der Waals surface area contributed by atoms with Gasteiger partial charge in [-0.1, -0.05) is 48.3 Å². The fourth-order valence-corrected chi connectivity index (χ4v) is 10.5. The predicted octanol–water partition coefficient (Wildman–Crippen LogP) is 9.10. The molecule has 64 heavy (non-hydrogen) atoms. The molecule has 2 heterocycles. The lowest BCUT2D eigenvalue weighted by Crippen LogP contribution is -2.69. The first-order valence-electron chi connectivity index (χ1n) is 22.6. The molecule has 0 bridgehead atoms. The Balaban J connectivity index is 1.33. The van der Waals surface area contributed by atoms with Crippen molar-refractivity contribution < 1.29 is 43.7 Å². The van der Waals surface area contributed by atoms with Gasteiger partial charge in [-0.25, -0.2) is 0 Å². The van der Waals surface area contributed by atoms with E-state index >= 15 is 0 Å². The van der Waals surface area contributed by atoms with Crippen LogP contribution in [0.15, 0.2) is 113 Å². The van der Waals surface area contributed by atoms with Crippen LogP contribution in [-0.4, -0.2) is 95.6 Å². The number of nitrogens with zero attached hydrogens (tertiary/aromatic N) is 3. The molecule has 7 unspecified atom stereocenters. The van der Waals surface area contributed by atoms with Crippen LogP contribution in [-0.2, 0) is 19.1 Å². The van der Waals surface area contributed by atoms with Gasteiger partial charge in [0.25, 0.3) is 5.69 Å². The highest BCUT2D eigenvalue weighted by atomic mass is 32.2. The molecular formula is C50H61N3O10S. The molecule has 1 saturated carbocycles. The number of aliphatic hydroxyl groups excluding tert-OH is 2. The summed E-state index contributed by atoms with van der Waals surface area (Å²) in [7, 11) is 1.74. The molecule has 3 aromatic carbocycles. The molecule has 7 atom stereocenters. The van der Waals surface area contributed by atoms with Crippen molar-refractivity contribution in [3.05, 3.63) is 124 Å². The van der Waals surface area contributed by atoms with Crippen molar-refractivity contribution in [2.24, 2.45) is 22.9 Å². The lowest BCUT2D eigenvalue weighted by Gasteiger charge is -2.59. The Morgan fingerprint density at radius 3 is 2.55 bits per heavy atom. The largest absolute Gasteiger partial charge is 0.493 e. The van der Waals surface area contributed by atoms with Crippen LogP contribution in [0.25, 0.3) is 6.08 Å². The summed E-state index contributed by atoms with van der Waals surface area (Å²) in [5, 5.41) is 36.1. The number of hydrogen-bond donors (Lipinski definition) is 2. The number of fused-ring (bicyclic) bond motifs is 2. The molecule has 2 aliphatic heterocycles. The first-order valence-corrected chi connectivity index (χ1v) is 23.6. The molecule has 2 fully saturated rings. The molecule has 4 aliphatic rings. The molecule has 7 rings (SSSR count). The van der Waals surface area contributed by atoms with Gasteiger partial charge in [-0.3, -0.25) is 14.9 Å². The average Bonchev–Trinajstić information content (AvgIpc) is 3.32. The summed E-state index contributed by atoms with van der Waals surface area (Å²) in [6, 6.07) is 21.5. The number of ether oxygens (including phenoxy) is 4. The van der Waals surface area contributed by atoms with E-state index in [2.05, 4.69) is 30.9 Å². The number of nitro benzene ring substituents is 1. The van der Waals surface area contributed by atoms with Crippen LogP contribution >= 0.6 is 11.8 Å². The van der Waals surface area contributed by atoms with E-state index in [1.165, 1.54) is 23.1 Å². The van der Waals surface area contributed by atoms with Crippen LogP contribution in [0.1, 0.15) is 81.3 Å². The third-order valence-corrected chi connectivity index (χ3v) is 13.7. The molecule has 2 N–H and O–H groups in total. The van der Waals surface area contributed by atoms with E-state index in [0.717, 1.165) is 61.2 Å². The summed E-state index contributed by atoms with van der Waals surface area (Å²) >= 11 is 1.73. The van der Waals surface area contributed by atoms with Crippen molar-refractivity contribution in [3.63, 3.8) is 0 Å². The first kappa shape index (κ1) is 47.0. The number of amides is 1. The first-order chi connectivity index (χ1) is 31.3. The lowest BCUT2D eigenvalue weighted by atomic mass is 9.55. The van der Waals surface area contributed by atoms with Crippen molar-refractivity contribution >= 4 is 35.1 Å². The van der Waals surface area contributed by atoms with Gasteiger partial charge in [0.15, 0.2) is 0 Å². The zero-order chi connectivity index (χ0) is 44.9. The standard InChI is InChI=1S/C50H61N3O10S/c1-3-28-61-50-45(52(2)46(56)25-20-35-18-21-37(22-19-35)53(57)58)34-43(51-63-47-17-9-12-29-60-47)41-32-36(13-7-10-26-54)40(16-8-11-27-55)48(49(41)50)42-33-38(23-24-44(42)62-50)59-30-31-64-39-14-5-4-6-15-39/h3-6,14-15,18-25,32-33,36,40,45,47-49,54-55H,1,7-13,16-17,26-31,34H2,2H3. The minimum atomic E-state index is -1.41. The van der Waals surface area contributed by atoms with Crippen LogP contribution in [0, 0.1) is 27.9 Å². The number of rotatable bonds is 22. The minimum Gasteiger partial charge on any atom is -0.493 e. The van der Waals surface area contributed by atoms with Crippen molar-refractivity contribution in [1.82, 2.24) is 4.90 Å². The molecule has 342 valence electrons. The zero-order valence-corrected chi connectivity index (χ0v) is 37.4. The van der Waals surface area contributed by atoms with Crippen LogP contribution in [0.4, 0.5) is 5.69 Å². The van der Waals surface area contributed by atoms with E-state index in [9.17, 15) is 25.1 Å². The Kier molecular flexibility index (Phi) is 16.7. The van der Waals surface area contributed by atoms with Crippen molar-refractivity contribution in [3.8, 4) is 11.5 Å². The highest BCUT2D eigenvalue weighted by molar-refractivity contribution is 7.99. The number of nitro groups is 1. The van der Waals surface area contributed by atoms with Crippen molar-refractivity contribution in [2.75, 3.05) is 45.8 Å². The Bertz CT molecular complexity index is 2120. The van der Waals surface area contributed by atoms with Crippen molar-refractivity contribution in [2.45, 2.75) is 93.1 Å². The maximum atomic E-state index is 14.4. The summed E-state index contributed by atoms with van der Waals surface area (Å²) in [5.74, 6) is -0.158. The number of unbranched alkanes of at least 4 members (excludes halogenated alkanes) is 2. The van der Waals surface area contributed by atoms with Crippen LogP contribution in [0.5, 0.6) is 11.5 Å². The second-order valence-corrected chi connectivity index (χ2v) is 18.0. The highest BCUT2D eigenvalue weighted by Gasteiger charge is 2.65. The average molecular weight is 896 g/mol. The Labute approximate surface area is 380 Å². The number of oxime groups is 1. The van der Waals surface area contributed by atoms with E-state index in [1.54, 1.807) is 48.0 Å². The van der Waals surface area contributed by atoms with Gasteiger partial charge in [0, 0.05) is 73.4 Å². The second-order valence-electron chi connectivity index (χ2n) is 16.8. The Morgan fingerprint density at radius 2 is 1.83 bits per heavy atom. The van der Waals surface area contributed by atoms with E-state index in [0.29, 0.717) is 49.5 Å². The quantitative estimate of drug-likeness (QED) is 0.0247. The van der Waals surface area contributed by atoms with E-state index in [4.69, 9.17) is 28.9 Å². The molecule has 3 aromatic rings. The summed E-state index contributed by atoms with van der Waals surface area (Å²) in [6.45, 7) is 5.42. The topological polar surface area (TPSA) is 162 Å². The van der Waals surface area contributed by atoms with E-state index in [-0.39, 0.29) is 55.6 Å². The third kappa shape index (κ3) is 11.1. The molecule has 1 amide bonds. The third-order valence-electron chi connectivity index (χ3n) is 12.8. The monoisotopic (exact) mass is 895 g/mol. The maximum Gasteiger partial charge on any atom is 0.269 e. The van der Waals surface area contributed by atoms with Crippen LogP contribution < -0.4 is 9.47 Å². The normalized spacial score (nSPS) is 25.4. The van der Waals surface area contributed by atoms with Gasteiger partial charge in [-0.2, -0.15) is 0 Å². The van der Waals surface area contributed by atoms with Crippen LogP contribution in [0.3, 0.4) is 0 Å². The number of non-ortho nitro benzene ring substituents is 1. The molecular weight excluding hydrogens is 835 g/mol. The predicted molar refractivity (Wildman–Crippen MR) is 247 cm³/mol. The molecule has 1 saturated heterocycles. The molecule has 0 spiro atoms. The minimum absolute atomic E-state index is 0.0385. The second kappa shape index (κ2) is 22.8. The number of carbonyl (C=O) groups excluding carboxylic acids is 1. The lowest BCUT2D eigenvalue weighted by molar-refractivity contribution is -0.384. The number of thioether (sulfide) groups is 1. The SMILES string of the molecule is C=CCOC12Oc3ccc(OCCSc4ccccc4)cc3C3C(CCCCO)C(CCCCO)C=C(C(=NOC4CCCCO4)CC1N(C)C(=O)C=Cc1ccc([N+](=O)[O-])cc1)C32. The van der Waals surface area contributed by atoms with E-state index in [1.807, 2.05) is 30.3 Å². The Hall–Kier alpha value is -4.99. The van der Waals surface area contributed by atoms with Gasteiger partial charge in [0.1, 0.15) is 17.5 Å². The molecule has 0 radical (unpaired) electrons. The molecule has 13 nitrogen and oxygen atoms in total. The number of hydrogen-bond acceptors (Lipinski definition) is 12. The molecule has 14 heteroatoms. The van der Waals surface area contributed by atoms with Gasteiger partial charge < -0.3 is 38.9 Å². The van der Waals surface area contributed by atoms with Gasteiger partial charge in [-0.15, -0.1) is 18.3 Å². The fraction of sp³-hybridized carbons (Fsp3) is 0.480. The number of benzene rings is 3. The van der Waals surface area contributed by atoms with Gasteiger partial charge >= 0.3 is 0 Å². The highest BCUT2D eigenvalue weighted by Crippen LogP contribution is 2.62.